The second-order valence-corrected chi connectivity index (χ2v) is 4.42. The van der Waals surface area contributed by atoms with E-state index in [2.05, 4.69) is 0 Å². The summed E-state index contributed by atoms with van der Waals surface area (Å²) in [5.41, 5.74) is 4.78. The van der Waals surface area contributed by atoms with Gasteiger partial charge in [0.1, 0.15) is 11.6 Å². The summed E-state index contributed by atoms with van der Waals surface area (Å²) in [7, 11) is 0. The molecule has 88 valence electrons. The second kappa shape index (κ2) is 5.70. The smallest absolute Gasteiger partial charge is 0.320 e. The maximum atomic E-state index is 11.2. The van der Waals surface area contributed by atoms with Crippen LogP contribution in [0, 0.1) is 0 Å². The third kappa shape index (κ3) is 7.93. The number of carbonyl (C=O) groups excluding carboxylic acids is 1. The van der Waals surface area contributed by atoms with Gasteiger partial charge < -0.3 is 15.6 Å². The van der Waals surface area contributed by atoms with Crippen molar-refractivity contribution in [3.63, 3.8) is 0 Å². The van der Waals surface area contributed by atoms with Crippen molar-refractivity contribution in [2.75, 3.05) is 0 Å². The highest BCUT2D eigenvalue weighted by Crippen LogP contribution is 2.10. The predicted molar refractivity (Wildman–Crippen MR) is 55.3 cm³/mol. The van der Waals surface area contributed by atoms with E-state index >= 15 is 0 Å². The van der Waals surface area contributed by atoms with Crippen LogP contribution in [0.1, 0.15) is 40.0 Å². The number of carbonyl (C=O) groups is 2. The van der Waals surface area contributed by atoms with E-state index in [4.69, 9.17) is 15.6 Å². The zero-order valence-corrected chi connectivity index (χ0v) is 9.45. The normalized spacial score (nSPS) is 13.3. The van der Waals surface area contributed by atoms with E-state index in [-0.39, 0.29) is 18.8 Å². The molecular formula is C10H19NO4. The van der Waals surface area contributed by atoms with Crippen molar-refractivity contribution in [1.29, 1.82) is 0 Å². The lowest BCUT2D eigenvalue weighted by atomic mass is 10.1. The molecule has 15 heavy (non-hydrogen) atoms. The Bertz CT molecular complexity index is 232. The lowest BCUT2D eigenvalue weighted by Gasteiger charge is -2.19. The van der Waals surface area contributed by atoms with Crippen LogP contribution in [0.15, 0.2) is 0 Å². The number of aliphatic carboxylic acids is 1. The van der Waals surface area contributed by atoms with Crippen molar-refractivity contribution in [3.8, 4) is 0 Å². The number of hydrogen-bond donors (Lipinski definition) is 2. The molecule has 0 saturated heterocycles. The molecule has 5 nitrogen and oxygen atoms in total. The molecule has 0 amide bonds. The number of rotatable bonds is 5. The monoisotopic (exact) mass is 217 g/mol. The molecule has 0 bridgehead atoms. The summed E-state index contributed by atoms with van der Waals surface area (Å²) in [6.45, 7) is 5.36. The van der Waals surface area contributed by atoms with Crippen LogP contribution in [-0.4, -0.2) is 28.7 Å². The molecule has 0 fully saturated rings. The Morgan fingerprint density at radius 3 is 2.33 bits per heavy atom. The van der Waals surface area contributed by atoms with E-state index in [0.717, 1.165) is 0 Å². The molecule has 0 radical (unpaired) electrons. The van der Waals surface area contributed by atoms with Gasteiger partial charge in [0.05, 0.1) is 0 Å². The summed E-state index contributed by atoms with van der Waals surface area (Å²) in [6, 6.07) is -0.896. The number of hydrogen-bond acceptors (Lipinski definition) is 4. The number of carboxylic acids is 1. The molecule has 0 aliphatic carbocycles. The van der Waals surface area contributed by atoms with E-state index in [1.165, 1.54) is 0 Å². The fourth-order valence-electron chi connectivity index (χ4n) is 0.982. The molecule has 1 atom stereocenters. The molecule has 0 spiro atoms. The molecule has 0 rings (SSSR count). The van der Waals surface area contributed by atoms with Crippen molar-refractivity contribution < 1.29 is 19.4 Å². The minimum atomic E-state index is -1.04. The van der Waals surface area contributed by atoms with Crippen LogP contribution >= 0.6 is 0 Å². The third-order valence-electron chi connectivity index (χ3n) is 1.63. The first-order valence-electron chi connectivity index (χ1n) is 4.92. The van der Waals surface area contributed by atoms with Crippen LogP contribution < -0.4 is 5.73 Å². The van der Waals surface area contributed by atoms with E-state index in [1.807, 2.05) is 0 Å². The molecule has 0 aliphatic heterocycles. The van der Waals surface area contributed by atoms with Crippen molar-refractivity contribution in [2.45, 2.75) is 51.7 Å². The fraction of sp³-hybridized carbons (Fsp3) is 0.800. The van der Waals surface area contributed by atoms with Crippen LogP contribution in [0.3, 0.4) is 0 Å². The summed E-state index contributed by atoms with van der Waals surface area (Å²) in [5, 5.41) is 8.49. The molecule has 0 aromatic heterocycles. The van der Waals surface area contributed by atoms with Gasteiger partial charge in [0, 0.05) is 6.42 Å². The first-order chi connectivity index (χ1) is 6.72. The van der Waals surface area contributed by atoms with E-state index in [0.29, 0.717) is 6.42 Å². The number of carboxylic acid groups (broad SMARTS) is 1. The van der Waals surface area contributed by atoms with Crippen LogP contribution in [0.25, 0.3) is 0 Å². The van der Waals surface area contributed by atoms with Crippen molar-refractivity contribution in [1.82, 2.24) is 0 Å². The van der Waals surface area contributed by atoms with Gasteiger partial charge >= 0.3 is 11.9 Å². The molecule has 0 saturated carbocycles. The average molecular weight is 217 g/mol. The molecule has 3 N–H and O–H groups in total. The first kappa shape index (κ1) is 13.9. The summed E-state index contributed by atoms with van der Waals surface area (Å²) in [4.78, 5) is 21.6. The van der Waals surface area contributed by atoms with Gasteiger partial charge in [-0.25, -0.2) is 0 Å². The molecule has 5 heteroatoms. The molecule has 0 aromatic rings. The lowest BCUT2D eigenvalue weighted by Crippen LogP contribution is -2.30. The number of ether oxygens (including phenoxy) is 1. The highest BCUT2D eigenvalue weighted by Gasteiger charge is 2.17. The Kier molecular flexibility index (Phi) is 5.28. The van der Waals surface area contributed by atoms with Crippen molar-refractivity contribution in [3.05, 3.63) is 0 Å². The Morgan fingerprint density at radius 1 is 1.40 bits per heavy atom. The average Bonchev–Trinajstić information content (AvgIpc) is 2.00. The molecular weight excluding hydrogens is 198 g/mol. The third-order valence-corrected chi connectivity index (χ3v) is 1.63. The zero-order chi connectivity index (χ0) is 12.1. The SMILES string of the molecule is CC(C)(C)OC(=O)CCC[C@@H](N)C(=O)O. The Hall–Kier alpha value is -1.10. The maximum absolute atomic E-state index is 11.2. The maximum Gasteiger partial charge on any atom is 0.320 e. The van der Waals surface area contributed by atoms with Crippen LogP contribution in [0.2, 0.25) is 0 Å². The zero-order valence-electron chi connectivity index (χ0n) is 9.45. The summed E-state index contributed by atoms with van der Waals surface area (Å²) in [6.07, 6.45) is 0.926. The Balaban J connectivity index is 3.69. The Labute approximate surface area is 89.6 Å². The van der Waals surface area contributed by atoms with Gasteiger partial charge in [-0.3, -0.25) is 9.59 Å². The van der Waals surface area contributed by atoms with Gasteiger partial charge in [-0.15, -0.1) is 0 Å². The molecule has 0 aromatic carbocycles. The standard InChI is InChI=1S/C10H19NO4/c1-10(2,3)15-8(12)6-4-5-7(11)9(13)14/h7H,4-6,11H2,1-3H3,(H,13,14)/t7-/m1/s1. The van der Waals surface area contributed by atoms with Gasteiger partial charge in [-0.2, -0.15) is 0 Å². The van der Waals surface area contributed by atoms with E-state index < -0.39 is 17.6 Å². The summed E-state index contributed by atoms with van der Waals surface area (Å²) in [5.74, 6) is -1.36. The van der Waals surface area contributed by atoms with Gasteiger partial charge in [-0.05, 0) is 33.6 Å². The van der Waals surface area contributed by atoms with Gasteiger partial charge in [0.25, 0.3) is 0 Å². The Morgan fingerprint density at radius 2 is 1.93 bits per heavy atom. The quantitative estimate of drug-likeness (QED) is 0.668. The minimum absolute atomic E-state index is 0.207. The van der Waals surface area contributed by atoms with Gasteiger partial charge in [0.15, 0.2) is 0 Å². The lowest BCUT2D eigenvalue weighted by molar-refractivity contribution is -0.155. The number of nitrogens with two attached hydrogens (primary N) is 1. The highest BCUT2D eigenvalue weighted by molar-refractivity contribution is 5.73. The minimum Gasteiger partial charge on any atom is -0.480 e. The second-order valence-electron chi connectivity index (χ2n) is 4.42. The first-order valence-corrected chi connectivity index (χ1v) is 4.92. The molecule has 0 heterocycles. The van der Waals surface area contributed by atoms with Crippen LogP contribution in [0.5, 0.6) is 0 Å². The number of esters is 1. The summed E-state index contributed by atoms with van der Waals surface area (Å²) >= 11 is 0. The molecule has 0 aliphatic rings. The van der Waals surface area contributed by atoms with Gasteiger partial charge in [-0.1, -0.05) is 0 Å². The molecule has 0 unspecified atom stereocenters. The largest absolute Gasteiger partial charge is 0.480 e. The summed E-state index contributed by atoms with van der Waals surface area (Å²) < 4.78 is 5.05. The highest BCUT2D eigenvalue weighted by atomic mass is 16.6. The predicted octanol–water partition coefficient (Wildman–Crippen LogP) is 0.910. The van der Waals surface area contributed by atoms with Crippen LogP contribution in [-0.2, 0) is 14.3 Å². The van der Waals surface area contributed by atoms with Gasteiger partial charge in [0.2, 0.25) is 0 Å². The topological polar surface area (TPSA) is 89.6 Å². The fourth-order valence-corrected chi connectivity index (χ4v) is 0.982. The van der Waals surface area contributed by atoms with Crippen molar-refractivity contribution >= 4 is 11.9 Å². The van der Waals surface area contributed by atoms with E-state index in [1.54, 1.807) is 20.8 Å². The van der Waals surface area contributed by atoms with Crippen LogP contribution in [0.4, 0.5) is 0 Å². The van der Waals surface area contributed by atoms with E-state index in [9.17, 15) is 9.59 Å². The van der Waals surface area contributed by atoms with Crippen molar-refractivity contribution in [2.24, 2.45) is 5.73 Å².